The SMILES string of the molecule is CCOC(=O)CSc1nnc(NC(=O)c2cccc(OCc3cccnc3)c2)s1. The molecule has 3 rings (SSSR count). The number of esters is 1. The predicted molar refractivity (Wildman–Crippen MR) is 110 cm³/mol. The van der Waals surface area contributed by atoms with Gasteiger partial charge in [-0.25, -0.2) is 0 Å². The lowest BCUT2D eigenvalue weighted by atomic mass is 10.2. The van der Waals surface area contributed by atoms with E-state index in [9.17, 15) is 9.59 Å². The summed E-state index contributed by atoms with van der Waals surface area (Å²) in [6.45, 7) is 2.44. The Morgan fingerprint density at radius 1 is 1.21 bits per heavy atom. The van der Waals surface area contributed by atoms with Crippen molar-refractivity contribution in [1.29, 1.82) is 0 Å². The molecule has 2 aromatic heterocycles. The highest BCUT2D eigenvalue weighted by Crippen LogP contribution is 2.26. The van der Waals surface area contributed by atoms with Gasteiger partial charge in [-0.2, -0.15) is 0 Å². The molecule has 2 heterocycles. The zero-order valence-corrected chi connectivity index (χ0v) is 17.2. The lowest BCUT2D eigenvalue weighted by molar-refractivity contribution is -0.139. The zero-order valence-electron chi connectivity index (χ0n) is 15.5. The largest absolute Gasteiger partial charge is 0.489 e. The summed E-state index contributed by atoms with van der Waals surface area (Å²) >= 11 is 2.40. The Labute approximate surface area is 175 Å². The highest BCUT2D eigenvalue weighted by Gasteiger charge is 2.13. The van der Waals surface area contributed by atoms with E-state index in [0.717, 1.165) is 5.56 Å². The lowest BCUT2D eigenvalue weighted by Crippen LogP contribution is -2.11. The third kappa shape index (κ3) is 6.54. The summed E-state index contributed by atoms with van der Waals surface area (Å²) in [5.74, 6) is 0.0768. The van der Waals surface area contributed by atoms with Crippen molar-refractivity contribution in [2.75, 3.05) is 17.7 Å². The van der Waals surface area contributed by atoms with Crippen LogP contribution in [0.15, 0.2) is 53.1 Å². The molecule has 150 valence electrons. The van der Waals surface area contributed by atoms with Gasteiger partial charge < -0.3 is 9.47 Å². The smallest absolute Gasteiger partial charge is 0.316 e. The molecular formula is C19H18N4O4S2. The highest BCUT2D eigenvalue weighted by molar-refractivity contribution is 8.01. The first-order chi connectivity index (χ1) is 14.1. The number of pyridine rings is 1. The van der Waals surface area contributed by atoms with E-state index in [1.54, 1.807) is 43.6 Å². The molecule has 0 atom stereocenters. The van der Waals surface area contributed by atoms with E-state index in [1.807, 2.05) is 12.1 Å². The molecule has 10 heteroatoms. The van der Waals surface area contributed by atoms with Gasteiger partial charge >= 0.3 is 5.97 Å². The van der Waals surface area contributed by atoms with Crippen LogP contribution in [0.5, 0.6) is 5.75 Å². The van der Waals surface area contributed by atoms with Gasteiger partial charge in [0.15, 0.2) is 4.34 Å². The number of amides is 1. The number of rotatable bonds is 9. The Bertz CT molecular complexity index is 966. The molecule has 0 bridgehead atoms. The molecule has 0 aliphatic carbocycles. The van der Waals surface area contributed by atoms with E-state index in [2.05, 4.69) is 20.5 Å². The molecule has 0 saturated carbocycles. The quantitative estimate of drug-likeness (QED) is 0.313. The Balaban J connectivity index is 1.55. The van der Waals surface area contributed by atoms with Crippen LogP contribution in [-0.4, -0.2) is 39.4 Å². The summed E-state index contributed by atoms with van der Waals surface area (Å²) in [5.41, 5.74) is 1.37. The van der Waals surface area contributed by atoms with Crippen molar-refractivity contribution in [3.63, 3.8) is 0 Å². The van der Waals surface area contributed by atoms with Gasteiger partial charge in [0.05, 0.1) is 12.4 Å². The number of nitrogens with one attached hydrogen (secondary N) is 1. The van der Waals surface area contributed by atoms with Crippen LogP contribution in [0.25, 0.3) is 0 Å². The third-order valence-corrected chi connectivity index (χ3v) is 5.42. The molecule has 1 N–H and O–H groups in total. The number of anilines is 1. The molecule has 1 amide bonds. The van der Waals surface area contributed by atoms with Crippen LogP contribution in [0.4, 0.5) is 5.13 Å². The van der Waals surface area contributed by atoms with E-state index in [1.165, 1.54) is 23.1 Å². The van der Waals surface area contributed by atoms with Crippen LogP contribution in [0.3, 0.4) is 0 Å². The lowest BCUT2D eigenvalue weighted by Gasteiger charge is -2.07. The fourth-order valence-electron chi connectivity index (χ4n) is 2.19. The summed E-state index contributed by atoms with van der Waals surface area (Å²) in [4.78, 5) is 27.9. The summed E-state index contributed by atoms with van der Waals surface area (Å²) in [6, 6.07) is 10.6. The molecule has 0 unspecified atom stereocenters. The van der Waals surface area contributed by atoms with Crippen LogP contribution >= 0.6 is 23.1 Å². The highest BCUT2D eigenvalue weighted by atomic mass is 32.2. The topological polar surface area (TPSA) is 103 Å². The second kappa shape index (κ2) is 10.5. The number of benzene rings is 1. The molecule has 1 aromatic carbocycles. The molecule has 0 spiro atoms. The number of nitrogens with zero attached hydrogens (tertiary/aromatic N) is 3. The number of aromatic nitrogens is 3. The van der Waals surface area contributed by atoms with Crippen LogP contribution in [-0.2, 0) is 16.1 Å². The second-order valence-corrected chi connectivity index (χ2v) is 7.80. The van der Waals surface area contributed by atoms with Crippen molar-refractivity contribution < 1.29 is 19.1 Å². The molecule has 3 aromatic rings. The van der Waals surface area contributed by atoms with Gasteiger partial charge in [-0.15, -0.1) is 10.2 Å². The van der Waals surface area contributed by atoms with Crippen LogP contribution in [0.1, 0.15) is 22.8 Å². The van der Waals surface area contributed by atoms with Crippen molar-refractivity contribution in [2.45, 2.75) is 17.9 Å². The third-order valence-electron chi connectivity index (χ3n) is 3.47. The molecule has 0 aliphatic rings. The first-order valence-electron chi connectivity index (χ1n) is 8.69. The van der Waals surface area contributed by atoms with Gasteiger partial charge in [0, 0.05) is 23.5 Å². The molecule has 0 aliphatic heterocycles. The first kappa shape index (κ1) is 20.7. The summed E-state index contributed by atoms with van der Waals surface area (Å²) in [5, 5.41) is 10.9. The molecule has 29 heavy (non-hydrogen) atoms. The standard InChI is InChI=1S/C19H18N4O4S2/c1-2-26-16(24)12-28-19-23-22-18(29-19)21-17(25)14-6-3-7-15(9-14)27-11-13-5-4-8-20-10-13/h3-10H,2,11-12H2,1H3,(H,21,22,25). The maximum absolute atomic E-state index is 12.5. The minimum absolute atomic E-state index is 0.146. The van der Waals surface area contributed by atoms with E-state index in [-0.39, 0.29) is 17.6 Å². The summed E-state index contributed by atoms with van der Waals surface area (Å²) < 4.78 is 11.2. The monoisotopic (exact) mass is 430 g/mol. The molecule has 0 fully saturated rings. The van der Waals surface area contributed by atoms with Crippen LogP contribution in [0.2, 0.25) is 0 Å². The van der Waals surface area contributed by atoms with Crippen LogP contribution < -0.4 is 10.1 Å². The van der Waals surface area contributed by atoms with Gasteiger partial charge in [-0.1, -0.05) is 35.2 Å². The van der Waals surface area contributed by atoms with E-state index < -0.39 is 0 Å². The van der Waals surface area contributed by atoms with E-state index in [0.29, 0.717) is 34.0 Å². The Hall–Kier alpha value is -2.98. The molecule has 0 saturated heterocycles. The van der Waals surface area contributed by atoms with Gasteiger partial charge in [-0.05, 0) is 31.2 Å². The normalized spacial score (nSPS) is 10.4. The summed E-state index contributed by atoms with van der Waals surface area (Å²) in [6.07, 6.45) is 3.42. The maximum atomic E-state index is 12.5. The van der Waals surface area contributed by atoms with Crippen LogP contribution in [0, 0.1) is 0 Å². The van der Waals surface area contributed by atoms with Crippen molar-refractivity contribution in [2.24, 2.45) is 0 Å². The average Bonchev–Trinajstić information content (AvgIpc) is 3.19. The van der Waals surface area contributed by atoms with Gasteiger partial charge in [0.25, 0.3) is 5.91 Å². The average molecular weight is 431 g/mol. The fraction of sp³-hybridized carbons (Fsp3) is 0.211. The Kier molecular flexibility index (Phi) is 7.54. The minimum Gasteiger partial charge on any atom is -0.489 e. The number of hydrogen-bond donors (Lipinski definition) is 1. The number of hydrogen-bond acceptors (Lipinski definition) is 9. The van der Waals surface area contributed by atoms with Crippen molar-refractivity contribution in [3.05, 3.63) is 59.9 Å². The number of ether oxygens (including phenoxy) is 2. The number of carbonyl (C=O) groups excluding carboxylic acids is 2. The molecule has 0 radical (unpaired) electrons. The first-order valence-corrected chi connectivity index (χ1v) is 10.5. The van der Waals surface area contributed by atoms with Crippen molar-refractivity contribution in [1.82, 2.24) is 15.2 Å². The maximum Gasteiger partial charge on any atom is 0.316 e. The minimum atomic E-state index is -0.324. The Morgan fingerprint density at radius 2 is 2.10 bits per heavy atom. The van der Waals surface area contributed by atoms with Gasteiger partial charge in [0.1, 0.15) is 12.4 Å². The van der Waals surface area contributed by atoms with E-state index >= 15 is 0 Å². The zero-order chi connectivity index (χ0) is 20.5. The predicted octanol–water partition coefficient (Wildman–Crippen LogP) is 3.42. The van der Waals surface area contributed by atoms with Gasteiger partial charge in [0.2, 0.25) is 5.13 Å². The van der Waals surface area contributed by atoms with Crippen molar-refractivity contribution >= 4 is 40.1 Å². The summed E-state index contributed by atoms with van der Waals surface area (Å²) in [7, 11) is 0. The Morgan fingerprint density at radius 3 is 2.90 bits per heavy atom. The van der Waals surface area contributed by atoms with E-state index in [4.69, 9.17) is 9.47 Å². The number of thioether (sulfide) groups is 1. The second-order valence-electron chi connectivity index (χ2n) is 5.60. The molecular weight excluding hydrogens is 412 g/mol. The van der Waals surface area contributed by atoms with Crippen molar-refractivity contribution in [3.8, 4) is 5.75 Å². The van der Waals surface area contributed by atoms with Gasteiger partial charge in [-0.3, -0.25) is 19.9 Å². The fourth-order valence-corrected chi connectivity index (χ4v) is 3.73. The number of carbonyl (C=O) groups is 2. The molecule has 8 nitrogen and oxygen atoms in total.